The first-order valence-corrected chi connectivity index (χ1v) is 6.31. The van der Waals surface area contributed by atoms with Crippen LogP contribution in [0.15, 0.2) is 18.2 Å². The summed E-state index contributed by atoms with van der Waals surface area (Å²) in [6.07, 6.45) is 0. The molecule has 18 heavy (non-hydrogen) atoms. The van der Waals surface area contributed by atoms with Crippen LogP contribution in [0.25, 0.3) is 0 Å². The molecule has 2 atom stereocenters. The summed E-state index contributed by atoms with van der Waals surface area (Å²) in [6.45, 7) is 2.96. The van der Waals surface area contributed by atoms with Crippen molar-refractivity contribution in [3.8, 4) is 0 Å². The maximum absolute atomic E-state index is 12.2. The van der Waals surface area contributed by atoms with Crippen LogP contribution < -0.4 is 10.6 Å². The Morgan fingerprint density at radius 2 is 2.22 bits per heavy atom. The van der Waals surface area contributed by atoms with Crippen molar-refractivity contribution in [1.29, 1.82) is 0 Å². The zero-order valence-corrected chi connectivity index (χ0v) is 11.3. The van der Waals surface area contributed by atoms with Crippen LogP contribution in [-0.4, -0.2) is 32.2 Å². The number of hydrogen-bond acceptors (Lipinski definition) is 3. The topological polar surface area (TPSA) is 50.4 Å². The molecule has 4 nitrogen and oxygen atoms in total. The molecule has 1 fully saturated rings. The molecule has 0 radical (unpaired) electrons. The number of likely N-dealkylation sites (N-methyl/N-ethyl adjacent to an activating group) is 1. The van der Waals surface area contributed by atoms with Gasteiger partial charge in [0, 0.05) is 16.8 Å². The summed E-state index contributed by atoms with van der Waals surface area (Å²) < 4.78 is 5.32. The van der Waals surface area contributed by atoms with Gasteiger partial charge >= 0.3 is 0 Å². The zero-order chi connectivity index (χ0) is 13.1. The van der Waals surface area contributed by atoms with E-state index in [0.717, 1.165) is 11.3 Å². The third-order valence-electron chi connectivity index (χ3n) is 3.23. The lowest BCUT2D eigenvalue weighted by Gasteiger charge is -2.17. The summed E-state index contributed by atoms with van der Waals surface area (Å²) in [6, 6.07) is 5.50. The Hall–Kier alpha value is -1.10. The smallest absolute Gasteiger partial charge is 0.231 e. The Labute approximate surface area is 112 Å². The molecular formula is C13H17ClN2O2. The first-order chi connectivity index (χ1) is 8.61. The highest BCUT2D eigenvalue weighted by atomic mass is 35.5. The third-order valence-corrected chi connectivity index (χ3v) is 3.47. The van der Waals surface area contributed by atoms with Gasteiger partial charge in [0.05, 0.1) is 19.1 Å². The van der Waals surface area contributed by atoms with Crippen molar-refractivity contribution in [2.24, 2.45) is 5.92 Å². The molecule has 2 N–H and O–H groups in total. The van der Waals surface area contributed by atoms with Crippen LogP contribution in [0, 0.1) is 12.8 Å². The number of aryl methyl sites for hydroxylation is 1. The number of anilines is 1. The van der Waals surface area contributed by atoms with Gasteiger partial charge in [-0.15, -0.1) is 0 Å². The first kappa shape index (κ1) is 13.3. The lowest BCUT2D eigenvalue weighted by Crippen LogP contribution is -2.39. The summed E-state index contributed by atoms with van der Waals surface area (Å²) >= 11 is 5.88. The molecule has 1 aliphatic heterocycles. The summed E-state index contributed by atoms with van der Waals surface area (Å²) in [4.78, 5) is 12.2. The molecule has 1 aromatic rings. The number of nitrogens with one attached hydrogen (secondary N) is 2. The first-order valence-electron chi connectivity index (χ1n) is 5.94. The Balaban J connectivity index is 2.07. The maximum atomic E-state index is 12.2. The monoisotopic (exact) mass is 268 g/mol. The summed E-state index contributed by atoms with van der Waals surface area (Å²) in [5.74, 6) is -0.164. The molecule has 0 aromatic heterocycles. The molecule has 0 bridgehead atoms. The van der Waals surface area contributed by atoms with Crippen LogP contribution in [0.1, 0.15) is 5.56 Å². The average Bonchev–Trinajstić information content (AvgIpc) is 2.81. The molecule has 1 aromatic carbocycles. The zero-order valence-electron chi connectivity index (χ0n) is 10.5. The van der Waals surface area contributed by atoms with Crippen molar-refractivity contribution >= 4 is 23.2 Å². The van der Waals surface area contributed by atoms with Gasteiger partial charge in [0.15, 0.2) is 0 Å². The molecule has 0 aliphatic carbocycles. The number of hydrogen-bond donors (Lipinski definition) is 2. The minimum atomic E-state index is -0.148. The minimum absolute atomic E-state index is 0.0164. The van der Waals surface area contributed by atoms with Gasteiger partial charge in [-0.3, -0.25) is 4.79 Å². The van der Waals surface area contributed by atoms with Crippen LogP contribution >= 0.6 is 11.6 Å². The van der Waals surface area contributed by atoms with Gasteiger partial charge in [-0.05, 0) is 37.7 Å². The van der Waals surface area contributed by atoms with Crippen LogP contribution in [-0.2, 0) is 9.53 Å². The average molecular weight is 269 g/mol. The summed E-state index contributed by atoms with van der Waals surface area (Å²) in [5.41, 5.74) is 1.75. The van der Waals surface area contributed by atoms with Crippen molar-refractivity contribution in [2.45, 2.75) is 13.0 Å². The molecular weight excluding hydrogens is 252 g/mol. The number of ether oxygens (including phenoxy) is 1. The van der Waals surface area contributed by atoms with Gasteiger partial charge in [-0.2, -0.15) is 0 Å². The van der Waals surface area contributed by atoms with E-state index in [1.54, 1.807) is 6.07 Å². The molecule has 1 aliphatic rings. The lowest BCUT2D eigenvalue weighted by atomic mass is 10.0. The van der Waals surface area contributed by atoms with Gasteiger partial charge < -0.3 is 15.4 Å². The molecule has 2 unspecified atom stereocenters. The Morgan fingerprint density at radius 1 is 1.44 bits per heavy atom. The number of rotatable bonds is 3. The van der Waals surface area contributed by atoms with E-state index in [0.29, 0.717) is 18.2 Å². The van der Waals surface area contributed by atoms with E-state index < -0.39 is 0 Å². The number of halogens is 1. The SMILES string of the molecule is CNC1COCC1C(=O)Nc1ccc(Cl)cc1C. The van der Waals surface area contributed by atoms with E-state index in [1.165, 1.54) is 0 Å². The van der Waals surface area contributed by atoms with Crippen molar-refractivity contribution in [1.82, 2.24) is 5.32 Å². The van der Waals surface area contributed by atoms with Crippen molar-refractivity contribution in [3.05, 3.63) is 28.8 Å². The second-order valence-corrected chi connectivity index (χ2v) is 4.92. The number of carbonyl (C=O) groups is 1. The molecule has 5 heteroatoms. The second-order valence-electron chi connectivity index (χ2n) is 4.49. The molecule has 0 spiro atoms. The van der Waals surface area contributed by atoms with Crippen LogP contribution in [0.3, 0.4) is 0 Å². The van der Waals surface area contributed by atoms with E-state index in [9.17, 15) is 4.79 Å². The molecule has 1 amide bonds. The fraction of sp³-hybridized carbons (Fsp3) is 0.462. The fourth-order valence-corrected chi connectivity index (χ4v) is 2.32. The molecule has 1 heterocycles. The minimum Gasteiger partial charge on any atom is -0.379 e. The quantitative estimate of drug-likeness (QED) is 0.879. The van der Waals surface area contributed by atoms with Crippen LogP contribution in [0.4, 0.5) is 5.69 Å². The van der Waals surface area contributed by atoms with Gasteiger partial charge in [-0.25, -0.2) is 0 Å². The third kappa shape index (κ3) is 2.83. The lowest BCUT2D eigenvalue weighted by molar-refractivity contribution is -0.120. The normalized spacial score (nSPS) is 23.1. The summed E-state index contributed by atoms with van der Waals surface area (Å²) in [5, 5.41) is 6.69. The van der Waals surface area contributed by atoms with Crippen LogP contribution in [0.2, 0.25) is 5.02 Å². The van der Waals surface area contributed by atoms with Crippen LogP contribution in [0.5, 0.6) is 0 Å². The Bertz CT molecular complexity index is 451. The predicted octanol–water partition coefficient (Wildman–Crippen LogP) is 1.82. The highest BCUT2D eigenvalue weighted by molar-refractivity contribution is 6.30. The maximum Gasteiger partial charge on any atom is 0.231 e. The standard InChI is InChI=1S/C13H17ClN2O2/c1-8-5-9(14)3-4-11(8)16-13(17)10-6-18-7-12(10)15-2/h3-5,10,12,15H,6-7H2,1-2H3,(H,16,17). The van der Waals surface area contributed by atoms with Gasteiger partial charge in [0.25, 0.3) is 0 Å². The fourth-order valence-electron chi connectivity index (χ4n) is 2.09. The van der Waals surface area contributed by atoms with Crippen molar-refractivity contribution < 1.29 is 9.53 Å². The Morgan fingerprint density at radius 3 is 2.89 bits per heavy atom. The molecule has 2 rings (SSSR count). The largest absolute Gasteiger partial charge is 0.379 e. The highest BCUT2D eigenvalue weighted by Gasteiger charge is 2.33. The van der Waals surface area contributed by atoms with E-state index in [-0.39, 0.29) is 17.9 Å². The highest BCUT2D eigenvalue weighted by Crippen LogP contribution is 2.22. The van der Waals surface area contributed by atoms with Gasteiger partial charge in [-0.1, -0.05) is 11.6 Å². The molecule has 0 saturated carbocycles. The van der Waals surface area contributed by atoms with E-state index >= 15 is 0 Å². The van der Waals surface area contributed by atoms with Gasteiger partial charge in [0.2, 0.25) is 5.91 Å². The molecule has 98 valence electrons. The van der Waals surface area contributed by atoms with Gasteiger partial charge in [0.1, 0.15) is 0 Å². The molecule has 1 saturated heterocycles. The van der Waals surface area contributed by atoms with E-state index in [4.69, 9.17) is 16.3 Å². The number of amides is 1. The predicted molar refractivity (Wildman–Crippen MR) is 72.0 cm³/mol. The van der Waals surface area contributed by atoms with Crippen molar-refractivity contribution in [2.75, 3.05) is 25.6 Å². The van der Waals surface area contributed by atoms with E-state index in [2.05, 4.69) is 10.6 Å². The number of benzene rings is 1. The second kappa shape index (κ2) is 5.69. The van der Waals surface area contributed by atoms with Crippen molar-refractivity contribution in [3.63, 3.8) is 0 Å². The number of carbonyl (C=O) groups excluding carboxylic acids is 1. The van der Waals surface area contributed by atoms with E-state index in [1.807, 2.05) is 26.1 Å². The summed E-state index contributed by atoms with van der Waals surface area (Å²) in [7, 11) is 1.84. The Kier molecular flexibility index (Phi) is 4.22.